The Hall–Kier alpha value is -1.92. The van der Waals surface area contributed by atoms with Gasteiger partial charge >= 0.3 is 0 Å². The van der Waals surface area contributed by atoms with Gasteiger partial charge < -0.3 is 15.1 Å². The van der Waals surface area contributed by atoms with Crippen molar-refractivity contribution in [1.82, 2.24) is 14.8 Å². The maximum atomic E-state index is 4.61. The van der Waals surface area contributed by atoms with Crippen LogP contribution in [0.2, 0.25) is 0 Å². The highest BCUT2D eigenvalue weighted by molar-refractivity contribution is 5.50. The van der Waals surface area contributed by atoms with Crippen molar-refractivity contribution in [3.8, 4) is 5.69 Å². The van der Waals surface area contributed by atoms with E-state index in [0.717, 1.165) is 57.1 Å². The Morgan fingerprint density at radius 3 is 2.75 bits per heavy atom. The molecule has 0 spiro atoms. The van der Waals surface area contributed by atoms with Crippen LogP contribution in [0.4, 0.5) is 5.95 Å². The van der Waals surface area contributed by atoms with Crippen LogP contribution in [0.5, 0.6) is 0 Å². The second-order valence-electron chi connectivity index (χ2n) is 7.52. The number of hydrogen-bond donors (Lipinski definition) is 2. The summed E-state index contributed by atoms with van der Waals surface area (Å²) in [6.07, 6.45) is 2.72. The average molecular weight is 326 g/mol. The predicted octanol–water partition coefficient (Wildman–Crippen LogP) is -0.980. The average Bonchev–Trinajstić information content (AvgIpc) is 3.38. The topological polar surface area (TPSA) is 55.0 Å². The third-order valence-corrected chi connectivity index (χ3v) is 5.64. The summed E-state index contributed by atoms with van der Waals surface area (Å²) in [5, 5.41) is 11.6. The summed E-state index contributed by atoms with van der Waals surface area (Å²) >= 11 is 0. The van der Waals surface area contributed by atoms with Gasteiger partial charge in [0.25, 0.3) is 0 Å². The third kappa shape index (κ3) is 2.41. The first-order chi connectivity index (χ1) is 11.8. The molecule has 2 fully saturated rings. The smallest absolute Gasteiger partial charge is 0.232 e. The number of fused-ring (bicyclic) bond motifs is 3. The Balaban J connectivity index is 1.63. The number of aryl methyl sites for hydroxylation is 1. The van der Waals surface area contributed by atoms with Gasteiger partial charge in [-0.25, -0.2) is 0 Å². The van der Waals surface area contributed by atoms with E-state index in [0.29, 0.717) is 0 Å². The van der Waals surface area contributed by atoms with Crippen LogP contribution >= 0.6 is 0 Å². The van der Waals surface area contributed by atoms with Crippen LogP contribution in [-0.2, 0) is 13.1 Å². The molecule has 1 aliphatic carbocycles. The number of nitrogens with zero attached hydrogens (tertiary/aromatic N) is 4. The summed E-state index contributed by atoms with van der Waals surface area (Å²) in [6, 6.07) is 7.67. The fourth-order valence-electron chi connectivity index (χ4n) is 4.19. The maximum absolute atomic E-state index is 4.61. The first-order valence-corrected chi connectivity index (χ1v) is 9.25. The molecular weight excluding hydrogens is 300 g/mol. The largest absolute Gasteiger partial charge is 0.343 e. The van der Waals surface area contributed by atoms with Crippen LogP contribution in [0.25, 0.3) is 5.69 Å². The fraction of sp³-hybridized carbons (Fsp3) is 0.556. The molecule has 126 valence electrons. The zero-order valence-electron chi connectivity index (χ0n) is 14.3. The molecule has 0 bridgehead atoms. The lowest BCUT2D eigenvalue weighted by Gasteiger charge is -2.26. The van der Waals surface area contributed by atoms with Crippen LogP contribution < -0.4 is 15.1 Å². The minimum Gasteiger partial charge on any atom is -0.343 e. The van der Waals surface area contributed by atoms with Crippen molar-refractivity contribution < 1.29 is 10.2 Å². The Morgan fingerprint density at radius 2 is 1.96 bits per heavy atom. The van der Waals surface area contributed by atoms with Crippen LogP contribution in [0.3, 0.4) is 0 Å². The van der Waals surface area contributed by atoms with Crippen molar-refractivity contribution in [1.29, 1.82) is 0 Å². The van der Waals surface area contributed by atoms with Crippen molar-refractivity contribution in [3.05, 3.63) is 35.2 Å². The molecule has 3 N–H and O–H groups in total. The highest BCUT2D eigenvalue weighted by atomic mass is 15.4. The quantitative estimate of drug-likeness (QED) is 0.746. The van der Waals surface area contributed by atoms with Crippen molar-refractivity contribution in [2.45, 2.75) is 38.9 Å². The van der Waals surface area contributed by atoms with Gasteiger partial charge in [0.1, 0.15) is 13.1 Å². The van der Waals surface area contributed by atoms with E-state index >= 15 is 0 Å². The van der Waals surface area contributed by atoms with Crippen molar-refractivity contribution >= 4 is 5.95 Å². The first kappa shape index (κ1) is 14.4. The van der Waals surface area contributed by atoms with Gasteiger partial charge in [-0.1, -0.05) is 11.6 Å². The van der Waals surface area contributed by atoms with E-state index in [-0.39, 0.29) is 0 Å². The standard InChI is InChI=1S/C18H24N6/c1-13-2-5-16-14(10-13)11-23(15-3-4-15)12-17-20-21-18(24(16)17)22-8-6-19-7-9-22/h2,5,10,15,19H,3-4,6-9,11-12H2,1H3/p+2. The zero-order chi connectivity index (χ0) is 16.1. The first-order valence-electron chi connectivity index (χ1n) is 9.25. The molecule has 2 aliphatic heterocycles. The maximum Gasteiger partial charge on any atom is 0.232 e. The minimum absolute atomic E-state index is 0.814. The Labute approximate surface area is 142 Å². The lowest BCUT2D eigenvalue weighted by atomic mass is 10.1. The van der Waals surface area contributed by atoms with E-state index < -0.39 is 0 Å². The summed E-state index contributed by atoms with van der Waals surface area (Å²) < 4.78 is 2.34. The summed E-state index contributed by atoms with van der Waals surface area (Å²) in [5.41, 5.74) is 4.08. The lowest BCUT2D eigenvalue weighted by Crippen LogP contribution is -3.10. The molecule has 1 saturated heterocycles. The van der Waals surface area contributed by atoms with Crippen LogP contribution in [0.1, 0.15) is 29.8 Å². The fourth-order valence-corrected chi connectivity index (χ4v) is 4.19. The van der Waals surface area contributed by atoms with Gasteiger partial charge in [0.05, 0.1) is 37.9 Å². The van der Waals surface area contributed by atoms with Gasteiger partial charge in [0.15, 0.2) is 5.82 Å². The van der Waals surface area contributed by atoms with E-state index in [1.165, 1.54) is 29.7 Å². The minimum atomic E-state index is 0.814. The number of piperazine rings is 1. The zero-order valence-corrected chi connectivity index (χ0v) is 14.3. The van der Waals surface area contributed by atoms with Gasteiger partial charge in [-0.3, -0.25) is 4.57 Å². The molecule has 1 unspecified atom stereocenters. The van der Waals surface area contributed by atoms with E-state index in [2.05, 4.69) is 50.1 Å². The van der Waals surface area contributed by atoms with Gasteiger partial charge in [-0.05, 0) is 19.1 Å². The van der Waals surface area contributed by atoms with Gasteiger partial charge in [-0.2, -0.15) is 0 Å². The summed E-state index contributed by atoms with van der Waals surface area (Å²) in [5.74, 6) is 2.17. The number of rotatable bonds is 2. The summed E-state index contributed by atoms with van der Waals surface area (Å²) in [4.78, 5) is 4.06. The molecule has 3 aliphatic rings. The molecule has 6 nitrogen and oxygen atoms in total. The Kier molecular flexibility index (Phi) is 3.35. The predicted molar refractivity (Wildman–Crippen MR) is 91.4 cm³/mol. The number of nitrogens with two attached hydrogens (primary N) is 1. The molecule has 2 aromatic rings. The molecule has 1 atom stereocenters. The van der Waals surface area contributed by atoms with Gasteiger partial charge in [0.2, 0.25) is 5.95 Å². The number of aromatic nitrogens is 3. The van der Waals surface area contributed by atoms with Crippen LogP contribution in [0.15, 0.2) is 18.2 Å². The highest BCUT2D eigenvalue weighted by Gasteiger charge is 2.37. The molecule has 5 rings (SSSR count). The Morgan fingerprint density at radius 1 is 1.12 bits per heavy atom. The summed E-state index contributed by atoms with van der Waals surface area (Å²) in [7, 11) is 0. The molecular formula is C18H26N6+2. The third-order valence-electron chi connectivity index (χ3n) is 5.64. The normalized spacial score (nSPS) is 23.5. The van der Waals surface area contributed by atoms with E-state index in [9.17, 15) is 0 Å². The Bertz CT molecular complexity index is 757. The number of anilines is 1. The van der Waals surface area contributed by atoms with Crippen molar-refractivity contribution in [2.75, 3.05) is 31.1 Å². The molecule has 6 heteroatoms. The molecule has 1 saturated carbocycles. The molecule has 1 aromatic heterocycles. The highest BCUT2D eigenvalue weighted by Crippen LogP contribution is 2.27. The molecule has 0 amide bonds. The summed E-state index contributed by atoms with van der Waals surface area (Å²) in [6.45, 7) is 8.68. The van der Waals surface area contributed by atoms with Crippen molar-refractivity contribution in [2.24, 2.45) is 0 Å². The molecule has 0 radical (unpaired) electrons. The van der Waals surface area contributed by atoms with E-state index in [1.54, 1.807) is 4.90 Å². The van der Waals surface area contributed by atoms with Crippen molar-refractivity contribution in [3.63, 3.8) is 0 Å². The lowest BCUT2D eigenvalue weighted by molar-refractivity contribution is -0.938. The molecule has 24 heavy (non-hydrogen) atoms. The monoisotopic (exact) mass is 326 g/mol. The number of hydrogen-bond acceptors (Lipinski definition) is 3. The molecule has 1 aromatic carbocycles. The van der Waals surface area contributed by atoms with Crippen LogP contribution in [0, 0.1) is 6.92 Å². The number of benzene rings is 1. The number of nitrogens with one attached hydrogen (secondary N) is 1. The SMILES string of the molecule is Cc1ccc2c(c1)C[NH+](C1CC1)Cc1nnc(N3CC[NH2+]CC3)n1-2. The van der Waals surface area contributed by atoms with Gasteiger partial charge in [0, 0.05) is 18.4 Å². The van der Waals surface area contributed by atoms with E-state index in [1.807, 2.05) is 0 Å². The number of quaternary nitrogens is 2. The molecule has 3 heterocycles. The second-order valence-corrected chi connectivity index (χ2v) is 7.52. The second kappa shape index (κ2) is 5.57. The van der Waals surface area contributed by atoms with Crippen LogP contribution in [-0.4, -0.2) is 47.0 Å². The van der Waals surface area contributed by atoms with E-state index in [4.69, 9.17) is 0 Å². The van der Waals surface area contributed by atoms with Gasteiger partial charge in [-0.15, -0.1) is 10.2 Å².